The molecule has 2 heteroatoms. The number of nitrogens with two attached hydrogens (primary N) is 1. The molecule has 5 atom stereocenters. The molecule has 1 fully saturated rings. The number of benzene rings is 3. The molecule has 0 aromatic heterocycles. The first-order valence-electron chi connectivity index (χ1n) is 11.4. The molecule has 4 rings (SSSR count). The smallest absolute Gasteiger partial charge is 0.143 e. The van der Waals surface area contributed by atoms with Gasteiger partial charge >= 0.3 is 0 Å². The van der Waals surface area contributed by atoms with Crippen LogP contribution < -0.4 is 5.32 Å². The normalized spacial score (nSPS) is 27.8. The first kappa shape index (κ1) is 21.4. The average molecular weight is 411 g/mol. The van der Waals surface area contributed by atoms with E-state index in [4.69, 9.17) is 0 Å². The van der Waals surface area contributed by atoms with Gasteiger partial charge in [-0.25, -0.2) is 0 Å². The summed E-state index contributed by atoms with van der Waals surface area (Å²) in [6, 6.07) is 31.5. The minimum absolute atomic E-state index is 0.0115. The van der Waals surface area contributed by atoms with Gasteiger partial charge in [0, 0.05) is 16.7 Å². The molecule has 31 heavy (non-hydrogen) atoms. The number of piperidine rings is 1. The van der Waals surface area contributed by atoms with E-state index in [0.29, 0.717) is 0 Å². The highest BCUT2D eigenvalue weighted by Crippen LogP contribution is 2.44. The Morgan fingerprint density at radius 1 is 0.806 bits per heavy atom. The van der Waals surface area contributed by atoms with E-state index in [-0.39, 0.29) is 23.9 Å². The molecule has 1 aliphatic rings. The van der Waals surface area contributed by atoms with E-state index in [1.165, 1.54) is 11.1 Å². The summed E-state index contributed by atoms with van der Waals surface area (Å²) < 4.78 is 0. The maximum absolute atomic E-state index is 12.3. The number of aliphatic hydroxyl groups is 1. The van der Waals surface area contributed by atoms with Crippen molar-refractivity contribution in [3.63, 3.8) is 0 Å². The van der Waals surface area contributed by atoms with Crippen molar-refractivity contribution in [3.8, 4) is 11.8 Å². The molecule has 0 spiro atoms. The second-order valence-corrected chi connectivity index (χ2v) is 8.69. The highest BCUT2D eigenvalue weighted by Gasteiger charge is 2.55. The monoisotopic (exact) mass is 410 g/mol. The summed E-state index contributed by atoms with van der Waals surface area (Å²) in [5, 5.41) is 14.7. The lowest BCUT2D eigenvalue weighted by Crippen LogP contribution is -2.93. The van der Waals surface area contributed by atoms with E-state index in [9.17, 15) is 5.11 Å². The Labute approximate surface area is 186 Å². The predicted molar refractivity (Wildman–Crippen MR) is 126 cm³/mol. The standard InChI is InChI=1S/C29H31NO/c1-3-13-26-28(25-18-11-6-12-19-25)30-27(24-16-9-5-10-17-24)22(2)29(26,31)21-20-23-14-7-4-8-15-23/h4-12,14-19,22,26-28,30-31H,3,13H2,1-2H3/p+1/t22-,26-,27-,28+,29+/m0/s1. The van der Waals surface area contributed by atoms with Crippen LogP contribution in [0.5, 0.6) is 0 Å². The summed E-state index contributed by atoms with van der Waals surface area (Å²) in [4.78, 5) is 0. The number of hydrogen-bond acceptors (Lipinski definition) is 1. The van der Waals surface area contributed by atoms with Crippen LogP contribution in [0.3, 0.4) is 0 Å². The molecule has 0 radical (unpaired) electrons. The van der Waals surface area contributed by atoms with Crippen LogP contribution in [0.25, 0.3) is 0 Å². The van der Waals surface area contributed by atoms with Crippen LogP contribution in [-0.2, 0) is 0 Å². The second-order valence-electron chi connectivity index (χ2n) is 8.69. The van der Waals surface area contributed by atoms with Crippen LogP contribution >= 0.6 is 0 Å². The Kier molecular flexibility index (Phi) is 6.56. The maximum Gasteiger partial charge on any atom is 0.143 e. The van der Waals surface area contributed by atoms with Gasteiger partial charge in [-0.15, -0.1) is 0 Å². The van der Waals surface area contributed by atoms with Crippen molar-refractivity contribution in [1.82, 2.24) is 0 Å². The Morgan fingerprint density at radius 2 is 1.32 bits per heavy atom. The molecule has 0 unspecified atom stereocenters. The summed E-state index contributed by atoms with van der Waals surface area (Å²) in [5.41, 5.74) is 2.36. The lowest BCUT2D eigenvalue weighted by Gasteiger charge is -2.48. The lowest BCUT2D eigenvalue weighted by atomic mass is 9.64. The number of hydrogen-bond donors (Lipinski definition) is 2. The quantitative estimate of drug-likeness (QED) is 0.591. The van der Waals surface area contributed by atoms with Crippen LogP contribution in [0.15, 0.2) is 91.0 Å². The molecule has 3 aromatic carbocycles. The fraction of sp³-hybridized carbons (Fsp3) is 0.310. The Hall–Kier alpha value is -2.86. The fourth-order valence-corrected chi connectivity index (χ4v) is 5.11. The highest BCUT2D eigenvalue weighted by molar-refractivity contribution is 5.38. The van der Waals surface area contributed by atoms with E-state index in [2.05, 4.69) is 85.6 Å². The van der Waals surface area contributed by atoms with Gasteiger partial charge in [-0.05, 0) is 18.6 Å². The average Bonchev–Trinajstić information content (AvgIpc) is 2.83. The van der Waals surface area contributed by atoms with Gasteiger partial charge < -0.3 is 10.4 Å². The van der Waals surface area contributed by atoms with Gasteiger partial charge in [0.15, 0.2) is 0 Å². The summed E-state index contributed by atoms with van der Waals surface area (Å²) in [7, 11) is 0. The van der Waals surface area contributed by atoms with Crippen LogP contribution in [0.2, 0.25) is 0 Å². The zero-order chi connectivity index (χ0) is 21.7. The van der Waals surface area contributed by atoms with Gasteiger partial charge in [-0.1, -0.05) is 111 Å². The van der Waals surface area contributed by atoms with Crippen molar-refractivity contribution >= 4 is 0 Å². The molecule has 2 nitrogen and oxygen atoms in total. The van der Waals surface area contributed by atoms with E-state index in [0.717, 1.165) is 18.4 Å². The Balaban J connectivity index is 1.82. The largest absolute Gasteiger partial charge is 0.376 e. The van der Waals surface area contributed by atoms with Gasteiger partial charge in [0.25, 0.3) is 0 Å². The minimum Gasteiger partial charge on any atom is -0.376 e. The highest BCUT2D eigenvalue weighted by atomic mass is 16.3. The van der Waals surface area contributed by atoms with E-state index < -0.39 is 5.60 Å². The Morgan fingerprint density at radius 3 is 1.87 bits per heavy atom. The van der Waals surface area contributed by atoms with Crippen molar-refractivity contribution in [2.24, 2.45) is 11.8 Å². The second kappa shape index (κ2) is 9.52. The van der Waals surface area contributed by atoms with Crippen LogP contribution in [0.4, 0.5) is 0 Å². The molecule has 158 valence electrons. The summed E-state index contributed by atoms with van der Waals surface area (Å²) in [6.45, 7) is 4.36. The molecular formula is C29H32NO+. The van der Waals surface area contributed by atoms with Crippen molar-refractivity contribution in [2.45, 2.75) is 44.4 Å². The zero-order valence-corrected chi connectivity index (χ0v) is 18.4. The first-order valence-corrected chi connectivity index (χ1v) is 11.4. The first-order chi connectivity index (χ1) is 15.1. The molecule has 1 saturated heterocycles. The third kappa shape index (κ3) is 4.44. The molecule has 1 aliphatic heterocycles. The van der Waals surface area contributed by atoms with Gasteiger partial charge in [-0.3, -0.25) is 0 Å². The van der Waals surface area contributed by atoms with Crippen LogP contribution in [-0.4, -0.2) is 10.7 Å². The predicted octanol–water partition coefficient (Wildman–Crippen LogP) is 4.88. The molecule has 3 N–H and O–H groups in total. The van der Waals surface area contributed by atoms with Crippen molar-refractivity contribution in [2.75, 3.05) is 0 Å². The summed E-state index contributed by atoms with van der Waals surface area (Å²) in [5.74, 6) is 6.72. The van der Waals surface area contributed by atoms with Crippen LogP contribution in [0, 0.1) is 23.7 Å². The van der Waals surface area contributed by atoms with E-state index in [1.807, 2.05) is 36.4 Å². The molecule has 0 saturated carbocycles. The van der Waals surface area contributed by atoms with Gasteiger partial charge in [0.05, 0.1) is 11.8 Å². The molecule has 0 aliphatic carbocycles. The van der Waals surface area contributed by atoms with Crippen molar-refractivity contribution in [1.29, 1.82) is 0 Å². The molecule has 1 heterocycles. The number of quaternary nitrogens is 1. The van der Waals surface area contributed by atoms with Gasteiger partial charge in [0.1, 0.15) is 17.7 Å². The minimum atomic E-state index is -1.08. The van der Waals surface area contributed by atoms with E-state index >= 15 is 0 Å². The lowest BCUT2D eigenvalue weighted by molar-refractivity contribution is -0.763. The summed E-state index contributed by atoms with van der Waals surface area (Å²) >= 11 is 0. The fourth-order valence-electron chi connectivity index (χ4n) is 5.11. The third-order valence-corrected chi connectivity index (χ3v) is 6.80. The van der Waals surface area contributed by atoms with Gasteiger partial charge in [0.2, 0.25) is 0 Å². The SMILES string of the molecule is CCC[C@H]1[C@@H](c2ccccc2)[NH2+][C@H](c2ccccc2)[C@H](C)[C@]1(O)C#Cc1ccccc1. The number of rotatable bonds is 4. The van der Waals surface area contributed by atoms with E-state index in [1.54, 1.807) is 0 Å². The molecule has 0 amide bonds. The molecular weight excluding hydrogens is 378 g/mol. The zero-order valence-electron chi connectivity index (χ0n) is 18.4. The van der Waals surface area contributed by atoms with Gasteiger partial charge in [-0.2, -0.15) is 0 Å². The van der Waals surface area contributed by atoms with Crippen LogP contribution in [0.1, 0.15) is 55.5 Å². The van der Waals surface area contributed by atoms with Crippen molar-refractivity contribution in [3.05, 3.63) is 108 Å². The summed E-state index contributed by atoms with van der Waals surface area (Å²) in [6.07, 6.45) is 1.95. The third-order valence-electron chi connectivity index (χ3n) is 6.80. The Bertz CT molecular complexity index is 1020. The topological polar surface area (TPSA) is 36.8 Å². The molecule has 0 bridgehead atoms. The maximum atomic E-state index is 12.3. The van der Waals surface area contributed by atoms with Crippen molar-refractivity contribution < 1.29 is 10.4 Å². The molecule has 3 aromatic rings.